The Balaban J connectivity index is 1.98. The van der Waals surface area contributed by atoms with Crippen LogP contribution in [0.25, 0.3) is 0 Å². The lowest BCUT2D eigenvalue weighted by atomic mass is 10.1. The van der Waals surface area contributed by atoms with Crippen LogP contribution in [0.4, 0.5) is 0 Å². The van der Waals surface area contributed by atoms with Crippen LogP contribution in [0.3, 0.4) is 0 Å². The molecule has 1 aliphatic rings. The highest BCUT2D eigenvalue weighted by Crippen LogP contribution is 2.19. The molecule has 1 atom stereocenters. The summed E-state index contributed by atoms with van der Waals surface area (Å²) in [6.45, 7) is 3.10. The van der Waals surface area contributed by atoms with E-state index in [4.69, 9.17) is 9.47 Å². The van der Waals surface area contributed by atoms with E-state index in [-0.39, 0.29) is 6.10 Å². The van der Waals surface area contributed by atoms with E-state index in [9.17, 15) is 5.11 Å². The van der Waals surface area contributed by atoms with Gasteiger partial charge in [-0.05, 0) is 24.6 Å². The summed E-state index contributed by atoms with van der Waals surface area (Å²) in [5.41, 5.74) is 0.905. The molecule has 1 N–H and O–H groups in total. The number of rotatable bonds is 3. The van der Waals surface area contributed by atoms with E-state index in [1.807, 2.05) is 24.3 Å². The molecule has 0 aliphatic carbocycles. The Bertz CT molecular complexity index is 288. The summed E-state index contributed by atoms with van der Waals surface area (Å²) < 4.78 is 10.6. The first kappa shape index (κ1) is 9.49. The summed E-state index contributed by atoms with van der Waals surface area (Å²) in [6.07, 6.45) is -0.219. The fraction of sp³-hybridized carbons (Fsp3) is 0.455. The summed E-state index contributed by atoms with van der Waals surface area (Å²) in [7, 11) is 0. The second-order valence-electron chi connectivity index (χ2n) is 3.52. The number of hydrogen-bond acceptors (Lipinski definition) is 3. The summed E-state index contributed by atoms with van der Waals surface area (Å²) >= 11 is 0. The third-order valence-corrected chi connectivity index (χ3v) is 2.27. The van der Waals surface area contributed by atoms with Gasteiger partial charge in [0.05, 0.1) is 19.3 Å². The van der Waals surface area contributed by atoms with Gasteiger partial charge < -0.3 is 14.6 Å². The molecule has 2 rings (SSSR count). The molecule has 1 aromatic rings. The number of aliphatic hydroxyl groups is 1. The van der Waals surface area contributed by atoms with Crippen LogP contribution in [0.5, 0.6) is 5.75 Å². The zero-order valence-electron chi connectivity index (χ0n) is 8.14. The van der Waals surface area contributed by atoms with Gasteiger partial charge in [0.2, 0.25) is 0 Å². The first-order valence-corrected chi connectivity index (χ1v) is 4.78. The fourth-order valence-electron chi connectivity index (χ4n) is 1.30. The molecule has 3 nitrogen and oxygen atoms in total. The zero-order chi connectivity index (χ0) is 9.97. The summed E-state index contributed by atoms with van der Waals surface area (Å²) in [5.74, 6) is 0.836. The Morgan fingerprint density at radius 1 is 1.36 bits per heavy atom. The number of aliphatic hydroxyl groups excluding tert-OH is 1. The molecular formula is C11H14O3. The van der Waals surface area contributed by atoms with Gasteiger partial charge in [0, 0.05) is 0 Å². The lowest BCUT2D eigenvalue weighted by Gasteiger charge is -2.26. The van der Waals surface area contributed by atoms with Gasteiger partial charge in [0.1, 0.15) is 11.9 Å². The molecular weight excluding hydrogens is 180 g/mol. The molecule has 0 aromatic heterocycles. The normalized spacial score (nSPS) is 18.7. The molecule has 1 aliphatic heterocycles. The van der Waals surface area contributed by atoms with Gasteiger partial charge in [-0.15, -0.1) is 0 Å². The van der Waals surface area contributed by atoms with Crippen molar-refractivity contribution >= 4 is 0 Å². The van der Waals surface area contributed by atoms with Crippen molar-refractivity contribution < 1.29 is 14.6 Å². The van der Waals surface area contributed by atoms with Crippen molar-refractivity contribution in [2.24, 2.45) is 0 Å². The zero-order valence-corrected chi connectivity index (χ0v) is 8.14. The van der Waals surface area contributed by atoms with Crippen LogP contribution in [0.1, 0.15) is 18.6 Å². The van der Waals surface area contributed by atoms with Crippen molar-refractivity contribution in [1.82, 2.24) is 0 Å². The molecule has 1 aromatic carbocycles. The Morgan fingerprint density at radius 3 is 2.43 bits per heavy atom. The Hall–Kier alpha value is -1.06. The average Bonchev–Trinajstić information content (AvgIpc) is 2.12. The van der Waals surface area contributed by atoms with Crippen LogP contribution in [-0.4, -0.2) is 24.4 Å². The van der Waals surface area contributed by atoms with E-state index in [1.54, 1.807) is 6.92 Å². The molecule has 0 amide bonds. The van der Waals surface area contributed by atoms with Gasteiger partial charge in [0.15, 0.2) is 0 Å². The number of hydrogen-bond donors (Lipinski definition) is 1. The fourth-order valence-corrected chi connectivity index (χ4v) is 1.30. The van der Waals surface area contributed by atoms with Crippen molar-refractivity contribution in [1.29, 1.82) is 0 Å². The molecule has 1 unspecified atom stereocenters. The predicted molar refractivity (Wildman–Crippen MR) is 52.3 cm³/mol. The van der Waals surface area contributed by atoms with Crippen LogP contribution in [0, 0.1) is 0 Å². The minimum Gasteiger partial charge on any atom is -0.486 e. The summed E-state index contributed by atoms with van der Waals surface area (Å²) in [4.78, 5) is 0. The van der Waals surface area contributed by atoms with Crippen molar-refractivity contribution in [3.05, 3.63) is 29.8 Å². The summed E-state index contributed by atoms with van der Waals surface area (Å²) in [6, 6.07) is 7.50. The monoisotopic (exact) mass is 194 g/mol. The molecule has 0 bridgehead atoms. The van der Waals surface area contributed by atoms with Crippen molar-refractivity contribution in [3.63, 3.8) is 0 Å². The summed E-state index contributed by atoms with van der Waals surface area (Å²) in [5, 5.41) is 9.29. The average molecular weight is 194 g/mol. The predicted octanol–water partition coefficient (Wildman–Crippen LogP) is 1.52. The lowest BCUT2D eigenvalue weighted by Crippen LogP contribution is -2.38. The van der Waals surface area contributed by atoms with Crippen LogP contribution in [-0.2, 0) is 4.74 Å². The Kier molecular flexibility index (Phi) is 2.70. The second-order valence-corrected chi connectivity index (χ2v) is 3.52. The molecule has 0 saturated carbocycles. The van der Waals surface area contributed by atoms with Gasteiger partial charge in [-0.25, -0.2) is 0 Å². The second kappa shape index (κ2) is 3.98. The highest BCUT2D eigenvalue weighted by molar-refractivity contribution is 5.28. The highest BCUT2D eigenvalue weighted by Gasteiger charge is 2.19. The van der Waals surface area contributed by atoms with Gasteiger partial charge in [-0.1, -0.05) is 12.1 Å². The van der Waals surface area contributed by atoms with Gasteiger partial charge in [0.25, 0.3) is 0 Å². The van der Waals surface area contributed by atoms with E-state index in [1.165, 1.54) is 0 Å². The largest absolute Gasteiger partial charge is 0.486 e. The minimum atomic E-state index is -0.420. The molecule has 3 heteroatoms. The molecule has 14 heavy (non-hydrogen) atoms. The first-order valence-electron chi connectivity index (χ1n) is 4.78. The minimum absolute atomic E-state index is 0.201. The number of benzene rings is 1. The van der Waals surface area contributed by atoms with Crippen molar-refractivity contribution in [2.75, 3.05) is 13.2 Å². The van der Waals surface area contributed by atoms with Gasteiger partial charge >= 0.3 is 0 Å². The molecule has 76 valence electrons. The van der Waals surface area contributed by atoms with Crippen molar-refractivity contribution in [2.45, 2.75) is 19.1 Å². The van der Waals surface area contributed by atoms with E-state index in [0.29, 0.717) is 13.2 Å². The van der Waals surface area contributed by atoms with E-state index in [0.717, 1.165) is 11.3 Å². The third kappa shape index (κ3) is 2.05. The maximum Gasteiger partial charge on any atom is 0.145 e. The van der Waals surface area contributed by atoms with Crippen molar-refractivity contribution in [3.8, 4) is 5.75 Å². The maximum atomic E-state index is 9.29. The molecule has 0 radical (unpaired) electrons. The van der Waals surface area contributed by atoms with E-state index >= 15 is 0 Å². The smallest absolute Gasteiger partial charge is 0.145 e. The molecule has 0 spiro atoms. The van der Waals surface area contributed by atoms with E-state index < -0.39 is 6.10 Å². The van der Waals surface area contributed by atoms with Crippen LogP contribution >= 0.6 is 0 Å². The Morgan fingerprint density at radius 2 is 2.00 bits per heavy atom. The first-order chi connectivity index (χ1) is 6.75. The van der Waals surface area contributed by atoms with Crippen LogP contribution < -0.4 is 4.74 Å². The number of ether oxygens (including phenoxy) is 2. The third-order valence-electron chi connectivity index (χ3n) is 2.27. The van der Waals surface area contributed by atoms with Gasteiger partial charge in [-0.2, -0.15) is 0 Å². The quantitative estimate of drug-likeness (QED) is 0.792. The topological polar surface area (TPSA) is 38.7 Å². The lowest BCUT2D eigenvalue weighted by molar-refractivity contribution is -0.0796. The molecule has 1 heterocycles. The maximum absolute atomic E-state index is 9.29. The van der Waals surface area contributed by atoms with E-state index in [2.05, 4.69) is 0 Å². The van der Waals surface area contributed by atoms with Crippen LogP contribution in [0.2, 0.25) is 0 Å². The molecule has 1 fully saturated rings. The van der Waals surface area contributed by atoms with Crippen LogP contribution in [0.15, 0.2) is 24.3 Å². The SMILES string of the molecule is CC(O)c1ccc(OC2COC2)cc1. The Labute approximate surface area is 83.3 Å². The highest BCUT2D eigenvalue weighted by atomic mass is 16.6. The molecule has 1 saturated heterocycles. The standard InChI is InChI=1S/C11H14O3/c1-8(12)9-2-4-10(5-3-9)14-11-6-13-7-11/h2-5,8,11-12H,6-7H2,1H3. The van der Waals surface area contributed by atoms with Gasteiger partial charge in [-0.3, -0.25) is 0 Å².